The average Bonchev–Trinajstić information content (AvgIpc) is 2.90. The van der Waals surface area contributed by atoms with E-state index < -0.39 is 18.1 Å². The molecule has 1 saturated heterocycles. The molecular weight excluding hydrogens is 258 g/mol. The van der Waals surface area contributed by atoms with Crippen LogP contribution in [0.4, 0.5) is 4.79 Å². The first-order valence-electron chi connectivity index (χ1n) is 6.85. The lowest BCUT2D eigenvalue weighted by Gasteiger charge is -2.26. The van der Waals surface area contributed by atoms with Gasteiger partial charge in [0.1, 0.15) is 12.6 Å². The Kier molecular flexibility index (Phi) is 4.61. The summed E-state index contributed by atoms with van der Waals surface area (Å²) < 4.78 is 5.25. The third-order valence-electron chi connectivity index (χ3n) is 3.67. The summed E-state index contributed by atoms with van der Waals surface area (Å²) in [5.41, 5.74) is 0.889. The molecule has 1 aliphatic rings. The van der Waals surface area contributed by atoms with Crippen molar-refractivity contribution in [3.8, 4) is 0 Å². The van der Waals surface area contributed by atoms with Gasteiger partial charge >= 0.3 is 12.1 Å². The van der Waals surface area contributed by atoms with Crippen LogP contribution in [-0.4, -0.2) is 34.2 Å². The molecule has 1 aromatic carbocycles. The van der Waals surface area contributed by atoms with Crippen LogP contribution in [0.2, 0.25) is 0 Å². The molecule has 0 aromatic heterocycles. The van der Waals surface area contributed by atoms with Crippen molar-refractivity contribution in [3.05, 3.63) is 35.9 Å². The molecule has 2 rings (SSSR count). The van der Waals surface area contributed by atoms with E-state index >= 15 is 0 Å². The maximum Gasteiger partial charge on any atom is 0.411 e. The molecule has 5 nitrogen and oxygen atoms in total. The topological polar surface area (TPSA) is 66.8 Å². The molecule has 1 N–H and O–H groups in total. The minimum Gasteiger partial charge on any atom is -0.480 e. The van der Waals surface area contributed by atoms with E-state index in [1.54, 1.807) is 0 Å². The molecule has 2 atom stereocenters. The molecule has 108 valence electrons. The molecule has 1 aromatic rings. The molecule has 0 bridgehead atoms. The van der Waals surface area contributed by atoms with E-state index in [4.69, 9.17) is 4.74 Å². The smallest absolute Gasteiger partial charge is 0.411 e. The Hall–Kier alpha value is -2.04. The van der Waals surface area contributed by atoms with Crippen LogP contribution >= 0.6 is 0 Å². The molecular formula is C15H19NO4. The van der Waals surface area contributed by atoms with Gasteiger partial charge in [-0.15, -0.1) is 0 Å². The number of carbonyl (C=O) groups excluding carboxylic acids is 1. The summed E-state index contributed by atoms with van der Waals surface area (Å²) in [6.45, 7) is 2.12. The van der Waals surface area contributed by atoms with Crippen molar-refractivity contribution in [3.63, 3.8) is 0 Å². The lowest BCUT2D eigenvalue weighted by atomic mass is 10.1. The van der Waals surface area contributed by atoms with Crippen LogP contribution < -0.4 is 0 Å². The third kappa shape index (κ3) is 3.10. The number of likely N-dealkylation sites (tertiary alicyclic amines) is 1. The molecule has 1 amide bonds. The molecule has 1 heterocycles. The summed E-state index contributed by atoms with van der Waals surface area (Å²) in [4.78, 5) is 24.7. The van der Waals surface area contributed by atoms with Gasteiger partial charge in [0.2, 0.25) is 0 Å². The van der Waals surface area contributed by atoms with Crippen molar-refractivity contribution in [2.75, 3.05) is 0 Å². The van der Waals surface area contributed by atoms with Gasteiger partial charge in [0.05, 0.1) is 0 Å². The number of carbonyl (C=O) groups is 2. The van der Waals surface area contributed by atoms with E-state index in [0.29, 0.717) is 12.8 Å². The van der Waals surface area contributed by atoms with Gasteiger partial charge in [-0.25, -0.2) is 9.59 Å². The molecule has 0 spiro atoms. The number of nitrogens with zero attached hydrogens (tertiary/aromatic N) is 1. The number of carboxylic acids is 1. The fraction of sp³-hybridized carbons (Fsp3) is 0.467. The number of ether oxygens (including phenoxy) is 1. The number of aliphatic carboxylic acids is 1. The largest absolute Gasteiger partial charge is 0.480 e. The summed E-state index contributed by atoms with van der Waals surface area (Å²) in [6.07, 6.45) is 1.41. The van der Waals surface area contributed by atoms with Crippen LogP contribution in [0.1, 0.15) is 31.7 Å². The van der Waals surface area contributed by atoms with Crippen LogP contribution in [0.25, 0.3) is 0 Å². The number of amides is 1. The second-order valence-electron chi connectivity index (χ2n) is 4.94. The van der Waals surface area contributed by atoms with Crippen molar-refractivity contribution in [2.45, 2.75) is 44.9 Å². The normalized spacial score (nSPS) is 21.8. The second kappa shape index (κ2) is 6.41. The molecule has 1 unspecified atom stereocenters. The highest BCUT2D eigenvalue weighted by Crippen LogP contribution is 2.27. The van der Waals surface area contributed by atoms with E-state index in [9.17, 15) is 14.7 Å². The van der Waals surface area contributed by atoms with E-state index in [1.165, 1.54) is 4.90 Å². The standard InChI is InChI=1S/C15H19NO4/c1-2-12-8-9-13(14(17)18)16(12)15(19)20-10-11-6-4-3-5-7-11/h3-7,12-13H,2,8-10H2,1H3,(H,17,18)/t12?,13-/m0/s1. The quantitative estimate of drug-likeness (QED) is 0.918. The predicted molar refractivity (Wildman–Crippen MR) is 73.2 cm³/mol. The fourth-order valence-electron chi connectivity index (χ4n) is 2.60. The van der Waals surface area contributed by atoms with Crippen molar-refractivity contribution < 1.29 is 19.4 Å². The van der Waals surface area contributed by atoms with Crippen LogP contribution in [-0.2, 0) is 16.1 Å². The Labute approximate surface area is 118 Å². The third-order valence-corrected chi connectivity index (χ3v) is 3.67. The second-order valence-corrected chi connectivity index (χ2v) is 4.94. The lowest BCUT2D eigenvalue weighted by molar-refractivity contribution is -0.142. The Bertz CT molecular complexity index is 474. The highest BCUT2D eigenvalue weighted by atomic mass is 16.6. The van der Waals surface area contributed by atoms with Gasteiger partial charge < -0.3 is 9.84 Å². The van der Waals surface area contributed by atoms with Gasteiger partial charge in [0.15, 0.2) is 0 Å². The van der Waals surface area contributed by atoms with Crippen LogP contribution in [0.3, 0.4) is 0 Å². The van der Waals surface area contributed by atoms with Crippen molar-refractivity contribution in [1.82, 2.24) is 4.90 Å². The first kappa shape index (κ1) is 14.4. The molecule has 0 saturated carbocycles. The average molecular weight is 277 g/mol. The summed E-state index contributed by atoms with van der Waals surface area (Å²) in [6, 6.07) is 8.55. The van der Waals surface area contributed by atoms with Gasteiger partial charge in [0.25, 0.3) is 0 Å². The summed E-state index contributed by atoms with van der Waals surface area (Å²) >= 11 is 0. The van der Waals surface area contributed by atoms with Crippen LogP contribution in [0.5, 0.6) is 0 Å². The van der Waals surface area contributed by atoms with Crippen LogP contribution in [0, 0.1) is 0 Å². The van der Waals surface area contributed by atoms with Gasteiger partial charge in [-0.05, 0) is 24.8 Å². The minimum absolute atomic E-state index is 0.0422. The summed E-state index contributed by atoms with van der Waals surface area (Å²) in [5, 5.41) is 9.18. The number of carboxylic acid groups (broad SMARTS) is 1. The highest BCUT2D eigenvalue weighted by molar-refractivity contribution is 5.81. The molecule has 0 aliphatic carbocycles. The van der Waals surface area contributed by atoms with E-state index in [1.807, 2.05) is 37.3 Å². The summed E-state index contributed by atoms with van der Waals surface area (Å²) in [7, 11) is 0. The zero-order valence-corrected chi connectivity index (χ0v) is 11.5. The van der Waals surface area contributed by atoms with E-state index in [0.717, 1.165) is 12.0 Å². The van der Waals surface area contributed by atoms with Gasteiger partial charge in [0, 0.05) is 6.04 Å². The summed E-state index contributed by atoms with van der Waals surface area (Å²) in [5.74, 6) is -0.961. The number of hydrogen-bond acceptors (Lipinski definition) is 3. The zero-order valence-electron chi connectivity index (χ0n) is 11.5. The van der Waals surface area contributed by atoms with E-state index in [-0.39, 0.29) is 12.6 Å². The molecule has 1 fully saturated rings. The molecule has 20 heavy (non-hydrogen) atoms. The Morgan fingerprint density at radius 3 is 2.60 bits per heavy atom. The number of hydrogen-bond donors (Lipinski definition) is 1. The van der Waals surface area contributed by atoms with Crippen molar-refractivity contribution in [1.29, 1.82) is 0 Å². The number of rotatable bonds is 4. The first-order valence-corrected chi connectivity index (χ1v) is 6.85. The Balaban J connectivity index is 2.00. The Morgan fingerprint density at radius 1 is 1.30 bits per heavy atom. The molecule has 1 aliphatic heterocycles. The van der Waals surface area contributed by atoms with E-state index in [2.05, 4.69) is 0 Å². The first-order chi connectivity index (χ1) is 9.63. The zero-order chi connectivity index (χ0) is 14.5. The maximum atomic E-state index is 12.1. The fourth-order valence-corrected chi connectivity index (χ4v) is 2.60. The van der Waals surface area contributed by atoms with Gasteiger partial charge in [-0.1, -0.05) is 37.3 Å². The predicted octanol–water partition coefficient (Wildman–Crippen LogP) is 2.65. The van der Waals surface area contributed by atoms with Gasteiger partial charge in [-0.3, -0.25) is 4.90 Å². The Morgan fingerprint density at radius 2 is 2.00 bits per heavy atom. The van der Waals surface area contributed by atoms with Crippen molar-refractivity contribution >= 4 is 12.1 Å². The monoisotopic (exact) mass is 277 g/mol. The number of benzene rings is 1. The van der Waals surface area contributed by atoms with Crippen molar-refractivity contribution in [2.24, 2.45) is 0 Å². The SMILES string of the molecule is CCC1CC[C@@H](C(=O)O)N1C(=O)OCc1ccccc1. The highest BCUT2D eigenvalue weighted by Gasteiger charge is 2.41. The van der Waals surface area contributed by atoms with Gasteiger partial charge in [-0.2, -0.15) is 0 Å². The minimum atomic E-state index is -0.961. The molecule has 0 radical (unpaired) electrons. The molecule has 5 heteroatoms. The maximum absolute atomic E-state index is 12.1. The van der Waals surface area contributed by atoms with Crippen LogP contribution in [0.15, 0.2) is 30.3 Å². The lowest BCUT2D eigenvalue weighted by Crippen LogP contribution is -2.44.